The Morgan fingerprint density at radius 1 is 0.824 bits per heavy atom. The van der Waals surface area contributed by atoms with E-state index in [4.69, 9.17) is 0 Å². The molecule has 0 saturated carbocycles. The molecule has 0 bridgehead atoms. The Balaban J connectivity index is 0.000000686. The normalized spacial score (nSPS) is 9.35. The molecule has 2 aromatic rings. The van der Waals surface area contributed by atoms with Crippen LogP contribution in [0.2, 0.25) is 0 Å². The van der Waals surface area contributed by atoms with Gasteiger partial charge >= 0.3 is 0 Å². The van der Waals surface area contributed by atoms with Crippen molar-refractivity contribution in [3.8, 4) is 11.1 Å². The fraction of sp³-hybridized carbons (Fsp3) is 0.200. The second-order valence-corrected chi connectivity index (χ2v) is 4.28. The van der Waals surface area contributed by atoms with E-state index < -0.39 is 0 Å². The number of hydrogen-bond acceptors (Lipinski definition) is 2. The van der Waals surface area contributed by atoms with E-state index in [1.54, 1.807) is 11.9 Å². The zero-order chi connectivity index (χ0) is 12.5. The fourth-order valence-corrected chi connectivity index (χ4v) is 2.06. The molecule has 1 N–H and O–H groups in total. The number of nitrogens with one attached hydrogen (secondary N) is 1. The van der Waals surface area contributed by atoms with Crippen LogP contribution in [0.4, 0.5) is 0 Å². The molecule has 0 atom stereocenters. The summed E-state index contributed by atoms with van der Waals surface area (Å²) in [4.78, 5) is 1.24. The van der Waals surface area contributed by atoms with E-state index in [2.05, 4.69) is 53.3 Å². The van der Waals surface area contributed by atoms with E-state index in [0.29, 0.717) is 0 Å². The van der Waals surface area contributed by atoms with Crippen LogP contribution in [0.3, 0.4) is 0 Å². The topological polar surface area (TPSA) is 12.0 Å². The van der Waals surface area contributed by atoms with Gasteiger partial charge in [0, 0.05) is 4.90 Å². The summed E-state index contributed by atoms with van der Waals surface area (Å²) in [5.41, 5.74) is 2.52. The predicted molar refractivity (Wildman–Crippen MR) is 78.1 cm³/mol. The minimum atomic E-state index is 1.24. The SMILES string of the molecule is CC.CNSc1cccc(-c2ccccc2)c1. The van der Waals surface area contributed by atoms with Crippen molar-refractivity contribution < 1.29 is 0 Å². The number of rotatable bonds is 3. The van der Waals surface area contributed by atoms with Crippen LogP contribution in [0.25, 0.3) is 11.1 Å². The first-order valence-corrected chi connectivity index (χ1v) is 6.71. The van der Waals surface area contributed by atoms with E-state index in [1.807, 2.05) is 27.0 Å². The van der Waals surface area contributed by atoms with Gasteiger partial charge in [0.25, 0.3) is 0 Å². The summed E-state index contributed by atoms with van der Waals surface area (Å²) in [7, 11) is 1.93. The van der Waals surface area contributed by atoms with Gasteiger partial charge < -0.3 is 0 Å². The average Bonchev–Trinajstić information content (AvgIpc) is 2.43. The monoisotopic (exact) mass is 245 g/mol. The third kappa shape index (κ3) is 4.25. The van der Waals surface area contributed by atoms with Gasteiger partial charge in [-0.3, -0.25) is 4.72 Å². The third-order valence-electron chi connectivity index (χ3n) is 2.16. The molecule has 0 amide bonds. The van der Waals surface area contributed by atoms with Crippen LogP contribution in [0.15, 0.2) is 59.5 Å². The molecule has 0 unspecified atom stereocenters. The van der Waals surface area contributed by atoms with Gasteiger partial charge in [-0.25, -0.2) is 0 Å². The molecule has 1 nitrogen and oxygen atoms in total. The predicted octanol–water partition coefficient (Wildman–Crippen LogP) is 4.61. The molecule has 2 heteroatoms. The Morgan fingerprint density at radius 3 is 2.12 bits per heavy atom. The van der Waals surface area contributed by atoms with Crippen molar-refractivity contribution in [3.05, 3.63) is 54.6 Å². The molecule has 0 spiro atoms. The lowest BCUT2D eigenvalue weighted by Crippen LogP contribution is -1.90. The Morgan fingerprint density at radius 2 is 1.47 bits per heavy atom. The number of hydrogen-bond donors (Lipinski definition) is 1. The molecule has 2 rings (SSSR count). The highest BCUT2D eigenvalue weighted by molar-refractivity contribution is 7.97. The summed E-state index contributed by atoms with van der Waals surface area (Å²) >= 11 is 1.63. The standard InChI is InChI=1S/C13H13NS.C2H6/c1-14-15-13-9-5-8-12(10-13)11-6-3-2-4-7-11;1-2/h2-10,14H,1H3;1-2H3. The van der Waals surface area contributed by atoms with E-state index in [1.165, 1.54) is 16.0 Å². The van der Waals surface area contributed by atoms with Gasteiger partial charge in [0.1, 0.15) is 0 Å². The van der Waals surface area contributed by atoms with Crippen LogP contribution in [0, 0.1) is 0 Å². The average molecular weight is 245 g/mol. The molecular formula is C15H19NS. The van der Waals surface area contributed by atoms with Crippen LogP contribution in [-0.2, 0) is 0 Å². The van der Waals surface area contributed by atoms with Crippen molar-refractivity contribution >= 4 is 11.9 Å². The molecule has 17 heavy (non-hydrogen) atoms. The Labute approximate surface area is 108 Å². The lowest BCUT2D eigenvalue weighted by molar-refractivity contribution is 1.28. The van der Waals surface area contributed by atoms with Crippen molar-refractivity contribution in [2.45, 2.75) is 18.7 Å². The smallest absolute Gasteiger partial charge is 0.0234 e. The molecule has 90 valence electrons. The summed E-state index contributed by atoms with van der Waals surface area (Å²) in [5.74, 6) is 0. The first-order valence-electron chi connectivity index (χ1n) is 5.89. The molecule has 0 heterocycles. The van der Waals surface area contributed by atoms with Gasteiger partial charge in [-0.05, 0) is 42.3 Å². The van der Waals surface area contributed by atoms with Gasteiger partial charge in [-0.1, -0.05) is 56.3 Å². The van der Waals surface area contributed by atoms with Gasteiger partial charge in [-0.15, -0.1) is 0 Å². The van der Waals surface area contributed by atoms with E-state index >= 15 is 0 Å². The van der Waals surface area contributed by atoms with E-state index in [0.717, 1.165) is 0 Å². The molecule has 0 aliphatic rings. The van der Waals surface area contributed by atoms with Crippen molar-refractivity contribution in [2.75, 3.05) is 7.05 Å². The minimum Gasteiger partial charge on any atom is -0.263 e. The molecular weight excluding hydrogens is 226 g/mol. The molecule has 0 aliphatic heterocycles. The maximum Gasteiger partial charge on any atom is 0.0234 e. The van der Waals surface area contributed by atoms with Crippen molar-refractivity contribution in [1.82, 2.24) is 4.72 Å². The van der Waals surface area contributed by atoms with Gasteiger partial charge in [-0.2, -0.15) is 0 Å². The summed E-state index contributed by atoms with van der Waals surface area (Å²) in [6.07, 6.45) is 0. The van der Waals surface area contributed by atoms with Gasteiger partial charge in [0.2, 0.25) is 0 Å². The molecule has 0 saturated heterocycles. The lowest BCUT2D eigenvalue weighted by Gasteiger charge is -2.04. The zero-order valence-corrected chi connectivity index (χ0v) is 11.4. The maximum atomic E-state index is 3.08. The van der Waals surface area contributed by atoms with Gasteiger partial charge in [0.05, 0.1) is 0 Å². The van der Waals surface area contributed by atoms with Crippen molar-refractivity contribution in [3.63, 3.8) is 0 Å². The zero-order valence-electron chi connectivity index (χ0n) is 10.6. The summed E-state index contributed by atoms with van der Waals surface area (Å²) in [6, 6.07) is 18.9. The Hall–Kier alpha value is -1.25. The second-order valence-electron chi connectivity index (χ2n) is 3.20. The van der Waals surface area contributed by atoms with Gasteiger partial charge in [0.15, 0.2) is 0 Å². The highest BCUT2D eigenvalue weighted by atomic mass is 32.2. The molecule has 0 aromatic heterocycles. The fourth-order valence-electron chi connectivity index (χ4n) is 1.49. The Bertz CT molecular complexity index is 426. The highest BCUT2D eigenvalue weighted by Crippen LogP contribution is 2.23. The third-order valence-corrected chi connectivity index (χ3v) is 2.85. The maximum absolute atomic E-state index is 3.08. The van der Waals surface area contributed by atoms with Crippen LogP contribution in [-0.4, -0.2) is 7.05 Å². The summed E-state index contributed by atoms with van der Waals surface area (Å²) in [5, 5.41) is 0. The van der Waals surface area contributed by atoms with Crippen molar-refractivity contribution in [2.24, 2.45) is 0 Å². The second kappa shape index (κ2) is 7.93. The molecule has 0 aliphatic carbocycles. The van der Waals surface area contributed by atoms with E-state index in [-0.39, 0.29) is 0 Å². The summed E-state index contributed by atoms with van der Waals surface area (Å²) < 4.78 is 3.08. The largest absolute Gasteiger partial charge is 0.263 e. The molecule has 0 radical (unpaired) electrons. The summed E-state index contributed by atoms with van der Waals surface area (Å²) in [6.45, 7) is 4.00. The highest BCUT2D eigenvalue weighted by Gasteiger charge is 1.97. The number of benzene rings is 2. The first-order chi connectivity index (χ1) is 8.40. The van der Waals surface area contributed by atoms with Crippen LogP contribution < -0.4 is 4.72 Å². The first kappa shape index (κ1) is 13.8. The van der Waals surface area contributed by atoms with Crippen molar-refractivity contribution in [1.29, 1.82) is 0 Å². The minimum absolute atomic E-state index is 1.24. The lowest BCUT2D eigenvalue weighted by atomic mass is 10.1. The molecule has 2 aromatic carbocycles. The molecule has 0 fully saturated rings. The quantitative estimate of drug-likeness (QED) is 0.793. The van der Waals surface area contributed by atoms with E-state index in [9.17, 15) is 0 Å². The van der Waals surface area contributed by atoms with Crippen LogP contribution in [0.5, 0.6) is 0 Å². The van der Waals surface area contributed by atoms with Crippen LogP contribution in [0.1, 0.15) is 13.8 Å². The van der Waals surface area contributed by atoms with Crippen LogP contribution >= 0.6 is 11.9 Å². The Kier molecular flexibility index (Phi) is 6.45.